The van der Waals surface area contributed by atoms with Crippen LogP contribution in [0.2, 0.25) is 0 Å². The zero-order valence-electron chi connectivity index (χ0n) is 19.2. The van der Waals surface area contributed by atoms with Gasteiger partial charge in [0.1, 0.15) is 24.1 Å². The van der Waals surface area contributed by atoms with Crippen molar-refractivity contribution in [3.05, 3.63) is 60.4 Å². The van der Waals surface area contributed by atoms with E-state index in [9.17, 15) is 5.26 Å². The van der Waals surface area contributed by atoms with Crippen molar-refractivity contribution in [2.45, 2.75) is 0 Å². The van der Waals surface area contributed by atoms with Gasteiger partial charge >= 0.3 is 0 Å². The fraction of sp³-hybridized carbons (Fsp3) is 0.231. The molecule has 0 aliphatic rings. The smallest absolute Gasteiger partial charge is 0.161 e. The van der Waals surface area contributed by atoms with Crippen LogP contribution in [0.25, 0.3) is 33.3 Å². The first-order chi connectivity index (χ1) is 16.0. The highest BCUT2D eigenvalue weighted by Gasteiger charge is 2.13. The number of methoxy groups -OCH3 is 2. The maximum absolute atomic E-state index is 9.66. The number of aromatic amines is 1. The molecule has 2 aromatic carbocycles. The van der Waals surface area contributed by atoms with Crippen molar-refractivity contribution in [1.82, 2.24) is 14.9 Å². The average molecular weight is 443 g/mol. The highest BCUT2D eigenvalue weighted by Crippen LogP contribution is 2.36. The molecule has 0 aliphatic carbocycles. The summed E-state index contributed by atoms with van der Waals surface area (Å²) in [6.45, 7) is 1.30. The van der Waals surface area contributed by atoms with Gasteiger partial charge in [0.15, 0.2) is 11.5 Å². The van der Waals surface area contributed by atoms with Crippen LogP contribution in [0.5, 0.6) is 17.2 Å². The molecular weight excluding hydrogens is 416 g/mol. The lowest BCUT2D eigenvalue weighted by atomic mass is 10.0. The van der Waals surface area contributed by atoms with E-state index in [0.717, 1.165) is 39.8 Å². The number of likely N-dealkylation sites (N-methyl/N-ethyl adjacent to an activating group) is 1. The molecule has 7 nitrogen and oxygen atoms in total. The summed E-state index contributed by atoms with van der Waals surface area (Å²) in [5, 5.41) is 10.6. The van der Waals surface area contributed by atoms with E-state index in [1.54, 1.807) is 14.2 Å². The minimum absolute atomic E-state index is 0.504. The Labute approximate surface area is 193 Å². The van der Waals surface area contributed by atoms with Crippen LogP contribution in [0.15, 0.2) is 54.9 Å². The second-order valence-electron chi connectivity index (χ2n) is 7.87. The molecule has 168 valence electrons. The summed E-state index contributed by atoms with van der Waals surface area (Å²) >= 11 is 0. The molecule has 0 saturated heterocycles. The van der Waals surface area contributed by atoms with E-state index in [2.05, 4.69) is 22.1 Å². The summed E-state index contributed by atoms with van der Waals surface area (Å²) in [7, 11) is 7.21. The van der Waals surface area contributed by atoms with Crippen molar-refractivity contribution >= 4 is 11.0 Å². The molecule has 0 aliphatic heterocycles. The molecular formula is C26H26N4O3. The second kappa shape index (κ2) is 9.63. The van der Waals surface area contributed by atoms with Crippen LogP contribution in [-0.4, -0.2) is 56.3 Å². The van der Waals surface area contributed by atoms with Gasteiger partial charge in [-0.1, -0.05) is 12.1 Å². The number of pyridine rings is 1. The number of rotatable bonds is 8. The number of aromatic nitrogens is 2. The highest BCUT2D eigenvalue weighted by molar-refractivity contribution is 5.96. The van der Waals surface area contributed by atoms with Gasteiger partial charge in [-0.2, -0.15) is 5.26 Å². The number of hydrogen-bond acceptors (Lipinski definition) is 6. The Hall–Kier alpha value is -4.02. The van der Waals surface area contributed by atoms with Gasteiger partial charge in [-0.3, -0.25) is 0 Å². The van der Waals surface area contributed by atoms with Crippen LogP contribution in [0.1, 0.15) is 5.56 Å². The molecule has 0 radical (unpaired) electrons. The van der Waals surface area contributed by atoms with E-state index in [1.807, 2.05) is 67.8 Å². The van der Waals surface area contributed by atoms with Crippen molar-refractivity contribution in [3.8, 4) is 45.6 Å². The van der Waals surface area contributed by atoms with Crippen LogP contribution >= 0.6 is 0 Å². The lowest BCUT2D eigenvalue weighted by Gasteiger charge is -2.12. The van der Waals surface area contributed by atoms with Gasteiger partial charge in [0.2, 0.25) is 0 Å². The van der Waals surface area contributed by atoms with Crippen LogP contribution < -0.4 is 14.2 Å². The number of hydrogen-bond donors (Lipinski definition) is 1. The molecule has 2 aromatic heterocycles. The standard InChI is InChI=1S/C26H26N4O3/c1-30(2)9-10-33-23-7-6-18(11-19(23)14-27)22-16-29-26-21(22)12-20(15-28-26)17-5-8-24(31-3)25(13-17)32-4/h5-8,11-13,15-16H,9-10H2,1-4H3,(H,28,29). The van der Waals surface area contributed by atoms with Crippen LogP contribution in [-0.2, 0) is 0 Å². The molecule has 0 bridgehead atoms. The van der Waals surface area contributed by atoms with Crippen molar-refractivity contribution < 1.29 is 14.2 Å². The summed E-state index contributed by atoms with van der Waals surface area (Å²) in [5.41, 5.74) is 5.09. The predicted molar refractivity (Wildman–Crippen MR) is 129 cm³/mol. The maximum atomic E-state index is 9.66. The summed E-state index contributed by atoms with van der Waals surface area (Å²) in [6, 6.07) is 15.8. The summed E-state index contributed by atoms with van der Waals surface area (Å²) in [4.78, 5) is 9.86. The Kier molecular flexibility index (Phi) is 6.48. The van der Waals surface area contributed by atoms with Crippen molar-refractivity contribution in [1.29, 1.82) is 5.26 Å². The molecule has 0 spiro atoms. The molecule has 0 saturated carbocycles. The van der Waals surface area contributed by atoms with Gasteiger partial charge in [-0.05, 0) is 55.6 Å². The molecule has 0 unspecified atom stereocenters. The largest absolute Gasteiger partial charge is 0.493 e. The minimum Gasteiger partial charge on any atom is -0.493 e. The number of nitrogens with one attached hydrogen (secondary N) is 1. The lowest BCUT2D eigenvalue weighted by Crippen LogP contribution is -2.19. The Morgan fingerprint density at radius 2 is 1.70 bits per heavy atom. The van der Waals surface area contributed by atoms with Gasteiger partial charge < -0.3 is 24.1 Å². The third kappa shape index (κ3) is 4.61. The Morgan fingerprint density at radius 3 is 2.42 bits per heavy atom. The summed E-state index contributed by atoms with van der Waals surface area (Å²) in [5.74, 6) is 1.93. The Bertz CT molecular complexity index is 1320. The fourth-order valence-electron chi connectivity index (χ4n) is 3.66. The van der Waals surface area contributed by atoms with Crippen LogP contribution in [0.4, 0.5) is 0 Å². The molecule has 0 amide bonds. The molecule has 0 fully saturated rings. The Balaban J connectivity index is 1.70. The topological polar surface area (TPSA) is 83.4 Å². The molecule has 2 heterocycles. The Morgan fingerprint density at radius 1 is 0.939 bits per heavy atom. The number of ether oxygens (including phenoxy) is 3. The number of benzene rings is 2. The quantitative estimate of drug-likeness (QED) is 0.425. The molecule has 4 aromatic rings. The predicted octanol–water partition coefficient (Wildman–Crippen LogP) is 4.73. The number of fused-ring (bicyclic) bond motifs is 1. The average Bonchev–Trinajstić information content (AvgIpc) is 3.26. The van der Waals surface area contributed by atoms with Gasteiger partial charge in [0.25, 0.3) is 0 Å². The normalized spacial score (nSPS) is 10.9. The molecule has 4 rings (SSSR count). The maximum Gasteiger partial charge on any atom is 0.161 e. The van der Waals surface area contributed by atoms with E-state index in [4.69, 9.17) is 14.2 Å². The molecule has 33 heavy (non-hydrogen) atoms. The zero-order chi connectivity index (χ0) is 23.4. The third-order valence-corrected chi connectivity index (χ3v) is 5.46. The molecule has 7 heteroatoms. The van der Waals surface area contributed by atoms with Gasteiger partial charge in [0.05, 0.1) is 19.8 Å². The second-order valence-corrected chi connectivity index (χ2v) is 7.87. The van der Waals surface area contributed by atoms with E-state index in [-0.39, 0.29) is 0 Å². The first-order valence-corrected chi connectivity index (χ1v) is 10.6. The lowest BCUT2D eigenvalue weighted by molar-refractivity contribution is 0.261. The number of nitrogens with zero attached hydrogens (tertiary/aromatic N) is 3. The van der Waals surface area contributed by atoms with Crippen molar-refractivity contribution in [3.63, 3.8) is 0 Å². The summed E-state index contributed by atoms with van der Waals surface area (Å²) < 4.78 is 16.6. The monoisotopic (exact) mass is 442 g/mol. The summed E-state index contributed by atoms with van der Waals surface area (Å²) in [6.07, 6.45) is 3.74. The fourth-order valence-corrected chi connectivity index (χ4v) is 3.66. The van der Waals surface area contributed by atoms with Crippen molar-refractivity contribution in [2.24, 2.45) is 0 Å². The number of nitriles is 1. The van der Waals surface area contributed by atoms with Crippen LogP contribution in [0, 0.1) is 11.3 Å². The van der Waals surface area contributed by atoms with Gasteiger partial charge in [-0.15, -0.1) is 0 Å². The van der Waals surface area contributed by atoms with Gasteiger partial charge in [0, 0.05) is 35.5 Å². The third-order valence-electron chi connectivity index (χ3n) is 5.46. The highest BCUT2D eigenvalue weighted by atomic mass is 16.5. The number of H-pyrrole nitrogens is 1. The first-order valence-electron chi connectivity index (χ1n) is 10.6. The van der Waals surface area contributed by atoms with E-state index in [0.29, 0.717) is 29.4 Å². The van der Waals surface area contributed by atoms with E-state index in [1.165, 1.54) is 0 Å². The van der Waals surface area contributed by atoms with E-state index < -0.39 is 0 Å². The zero-order valence-corrected chi connectivity index (χ0v) is 19.2. The molecule has 1 N–H and O–H groups in total. The van der Waals surface area contributed by atoms with Crippen LogP contribution in [0.3, 0.4) is 0 Å². The first kappa shape index (κ1) is 22.2. The van der Waals surface area contributed by atoms with Gasteiger partial charge in [-0.25, -0.2) is 4.98 Å². The minimum atomic E-state index is 0.504. The van der Waals surface area contributed by atoms with E-state index >= 15 is 0 Å². The van der Waals surface area contributed by atoms with Crippen molar-refractivity contribution in [2.75, 3.05) is 41.5 Å². The molecule has 0 atom stereocenters. The SMILES string of the molecule is COc1ccc(-c2cnc3[nH]cc(-c4ccc(OCCN(C)C)c(C#N)c4)c3c2)cc1OC.